The summed E-state index contributed by atoms with van der Waals surface area (Å²) in [6, 6.07) is 13.5. The van der Waals surface area contributed by atoms with Gasteiger partial charge in [-0.3, -0.25) is 0 Å². The van der Waals surface area contributed by atoms with Gasteiger partial charge in [0.2, 0.25) is 0 Å². The molecule has 0 radical (unpaired) electrons. The third-order valence-electron chi connectivity index (χ3n) is 4.12. The van der Waals surface area contributed by atoms with E-state index < -0.39 is 0 Å². The van der Waals surface area contributed by atoms with E-state index in [1.165, 1.54) is 40.7 Å². The molecule has 1 aliphatic rings. The molecule has 20 heavy (non-hydrogen) atoms. The summed E-state index contributed by atoms with van der Waals surface area (Å²) < 4.78 is 0. The van der Waals surface area contributed by atoms with Gasteiger partial charge in [-0.25, -0.2) is 0 Å². The number of aryl methyl sites for hydroxylation is 1. The van der Waals surface area contributed by atoms with Crippen LogP contribution in [0.1, 0.15) is 29.5 Å². The average Bonchev–Trinajstić information content (AvgIpc) is 3.25. The van der Waals surface area contributed by atoms with E-state index in [9.17, 15) is 0 Å². The van der Waals surface area contributed by atoms with Gasteiger partial charge in [-0.15, -0.1) is 0 Å². The van der Waals surface area contributed by atoms with Crippen LogP contribution in [-0.4, -0.2) is 6.04 Å². The standard InChI is InChI=1S/C18H20ClN/c1-12-4-3-5-17(13(12)2)14-6-9-18(19)15(10-14)11-20-16-7-8-16/h3-6,9-10,16,20H,7-8,11H2,1-2H3. The molecule has 0 amide bonds. The fraction of sp³-hybridized carbons (Fsp3) is 0.333. The Balaban J connectivity index is 1.92. The molecule has 2 aromatic carbocycles. The van der Waals surface area contributed by atoms with Crippen molar-refractivity contribution in [3.63, 3.8) is 0 Å². The van der Waals surface area contributed by atoms with Crippen molar-refractivity contribution in [3.8, 4) is 11.1 Å². The molecule has 0 aliphatic heterocycles. The molecule has 0 spiro atoms. The van der Waals surface area contributed by atoms with E-state index in [4.69, 9.17) is 11.6 Å². The molecule has 0 saturated heterocycles. The SMILES string of the molecule is Cc1cccc(-c2ccc(Cl)c(CNC3CC3)c2)c1C. The fourth-order valence-corrected chi connectivity index (χ4v) is 2.67. The quantitative estimate of drug-likeness (QED) is 0.844. The second kappa shape index (κ2) is 5.59. The molecule has 0 atom stereocenters. The molecule has 1 N–H and O–H groups in total. The van der Waals surface area contributed by atoms with Crippen molar-refractivity contribution in [2.45, 2.75) is 39.3 Å². The molecular formula is C18H20ClN. The number of hydrogen-bond acceptors (Lipinski definition) is 1. The highest BCUT2D eigenvalue weighted by molar-refractivity contribution is 6.31. The first kappa shape index (κ1) is 13.7. The normalized spacial score (nSPS) is 14.6. The highest BCUT2D eigenvalue weighted by atomic mass is 35.5. The average molecular weight is 286 g/mol. The number of rotatable bonds is 4. The van der Waals surface area contributed by atoms with E-state index in [-0.39, 0.29) is 0 Å². The van der Waals surface area contributed by atoms with Gasteiger partial charge in [0.15, 0.2) is 0 Å². The summed E-state index contributed by atoms with van der Waals surface area (Å²) in [7, 11) is 0. The van der Waals surface area contributed by atoms with Crippen LogP contribution in [0.15, 0.2) is 36.4 Å². The van der Waals surface area contributed by atoms with Crippen molar-refractivity contribution in [1.82, 2.24) is 5.32 Å². The lowest BCUT2D eigenvalue weighted by atomic mass is 9.96. The first-order valence-corrected chi connectivity index (χ1v) is 7.61. The molecule has 0 bridgehead atoms. The number of halogens is 1. The highest BCUT2D eigenvalue weighted by Crippen LogP contribution is 2.29. The minimum atomic E-state index is 0.704. The summed E-state index contributed by atoms with van der Waals surface area (Å²) in [5.41, 5.74) is 6.42. The van der Waals surface area contributed by atoms with Gasteiger partial charge in [-0.05, 0) is 66.6 Å². The number of nitrogens with one attached hydrogen (secondary N) is 1. The summed E-state index contributed by atoms with van der Waals surface area (Å²) >= 11 is 6.32. The van der Waals surface area contributed by atoms with E-state index in [0.29, 0.717) is 6.04 Å². The van der Waals surface area contributed by atoms with Gasteiger partial charge >= 0.3 is 0 Å². The van der Waals surface area contributed by atoms with E-state index in [2.05, 4.69) is 49.5 Å². The van der Waals surface area contributed by atoms with E-state index in [1.807, 2.05) is 6.07 Å². The summed E-state index contributed by atoms with van der Waals surface area (Å²) in [5.74, 6) is 0. The van der Waals surface area contributed by atoms with Crippen molar-refractivity contribution < 1.29 is 0 Å². The van der Waals surface area contributed by atoms with Crippen LogP contribution in [0.3, 0.4) is 0 Å². The van der Waals surface area contributed by atoms with Crippen LogP contribution >= 0.6 is 11.6 Å². The molecule has 0 aromatic heterocycles. The van der Waals surface area contributed by atoms with Crippen LogP contribution in [-0.2, 0) is 6.54 Å². The van der Waals surface area contributed by atoms with E-state index in [1.54, 1.807) is 0 Å². The Morgan fingerprint density at radius 1 is 1.15 bits per heavy atom. The Kier molecular flexibility index (Phi) is 3.82. The second-order valence-corrected chi connectivity index (χ2v) is 6.12. The molecule has 1 aliphatic carbocycles. The van der Waals surface area contributed by atoms with Gasteiger partial charge in [-0.2, -0.15) is 0 Å². The van der Waals surface area contributed by atoms with Crippen molar-refractivity contribution in [2.24, 2.45) is 0 Å². The highest BCUT2D eigenvalue weighted by Gasteiger charge is 2.20. The Morgan fingerprint density at radius 2 is 1.95 bits per heavy atom. The monoisotopic (exact) mass is 285 g/mol. The topological polar surface area (TPSA) is 12.0 Å². The van der Waals surface area contributed by atoms with Crippen molar-refractivity contribution in [3.05, 3.63) is 58.1 Å². The third-order valence-corrected chi connectivity index (χ3v) is 4.49. The Bertz CT molecular complexity index is 629. The van der Waals surface area contributed by atoms with Crippen LogP contribution in [0.2, 0.25) is 5.02 Å². The minimum absolute atomic E-state index is 0.704. The van der Waals surface area contributed by atoms with Crippen LogP contribution in [0.4, 0.5) is 0 Å². The number of hydrogen-bond donors (Lipinski definition) is 1. The molecule has 1 fully saturated rings. The van der Waals surface area contributed by atoms with Crippen molar-refractivity contribution >= 4 is 11.6 Å². The lowest BCUT2D eigenvalue weighted by molar-refractivity contribution is 0.688. The maximum absolute atomic E-state index is 6.32. The summed E-state index contributed by atoms with van der Waals surface area (Å²) in [4.78, 5) is 0. The molecule has 0 heterocycles. The lowest BCUT2D eigenvalue weighted by Gasteiger charge is -2.12. The van der Waals surface area contributed by atoms with Gasteiger partial charge in [0.1, 0.15) is 0 Å². The van der Waals surface area contributed by atoms with Crippen molar-refractivity contribution in [2.75, 3.05) is 0 Å². The van der Waals surface area contributed by atoms with Crippen molar-refractivity contribution in [1.29, 1.82) is 0 Å². The zero-order valence-corrected chi connectivity index (χ0v) is 12.8. The van der Waals surface area contributed by atoms with Crippen LogP contribution in [0, 0.1) is 13.8 Å². The van der Waals surface area contributed by atoms with Crippen LogP contribution < -0.4 is 5.32 Å². The predicted octanol–water partition coefficient (Wildman–Crippen LogP) is 4.88. The largest absolute Gasteiger partial charge is 0.310 e. The molecule has 2 aromatic rings. The maximum atomic E-state index is 6.32. The maximum Gasteiger partial charge on any atom is 0.0451 e. The van der Waals surface area contributed by atoms with Gasteiger partial charge in [-0.1, -0.05) is 35.9 Å². The summed E-state index contributed by atoms with van der Waals surface area (Å²) in [6.45, 7) is 5.20. The minimum Gasteiger partial charge on any atom is -0.310 e. The molecule has 104 valence electrons. The third kappa shape index (κ3) is 2.89. The predicted molar refractivity (Wildman–Crippen MR) is 86.2 cm³/mol. The van der Waals surface area contributed by atoms with Crippen LogP contribution in [0.25, 0.3) is 11.1 Å². The Morgan fingerprint density at radius 3 is 2.70 bits per heavy atom. The molecule has 3 rings (SSSR count). The number of benzene rings is 2. The Hall–Kier alpha value is -1.31. The van der Waals surface area contributed by atoms with Crippen LogP contribution in [0.5, 0.6) is 0 Å². The molecule has 1 saturated carbocycles. The molecule has 0 unspecified atom stereocenters. The Labute approximate surface area is 126 Å². The van der Waals surface area contributed by atoms with Gasteiger partial charge in [0.25, 0.3) is 0 Å². The summed E-state index contributed by atoms with van der Waals surface area (Å²) in [5, 5.41) is 4.39. The zero-order valence-electron chi connectivity index (χ0n) is 12.0. The van der Waals surface area contributed by atoms with Gasteiger partial charge in [0.05, 0.1) is 0 Å². The summed E-state index contributed by atoms with van der Waals surface area (Å²) in [6.07, 6.45) is 2.60. The first-order chi connectivity index (χ1) is 9.65. The zero-order chi connectivity index (χ0) is 14.1. The van der Waals surface area contributed by atoms with Gasteiger partial charge < -0.3 is 5.32 Å². The lowest BCUT2D eigenvalue weighted by Crippen LogP contribution is -2.15. The fourth-order valence-electron chi connectivity index (χ4n) is 2.48. The van der Waals surface area contributed by atoms with E-state index >= 15 is 0 Å². The molecule has 2 heteroatoms. The van der Waals surface area contributed by atoms with E-state index in [0.717, 1.165) is 11.6 Å². The second-order valence-electron chi connectivity index (χ2n) is 5.71. The first-order valence-electron chi connectivity index (χ1n) is 7.23. The van der Waals surface area contributed by atoms with Gasteiger partial charge in [0, 0.05) is 17.6 Å². The molecule has 1 nitrogen and oxygen atoms in total. The smallest absolute Gasteiger partial charge is 0.0451 e. The molecular weight excluding hydrogens is 266 g/mol.